The van der Waals surface area contributed by atoms with Crippen LogP contribution < -0.4 is 11.1 Å². The number of primary amides is 1. The molecule has 0 fully saturated rings. The fourth-order valence-corrected chi connectivity index (χ4v) is 2.09. The molecule has 7 heteroatoms. The van der Waals surface area contributed by atoms with Gasteiger partial charge in [0.05, 0.1) is 0 Å². The molecule has 2 aromatic rings. The Hall–Kier alpha value is -1.86. The Morgan fingerprint density at radius 1 is 1.10 bits per heavy atom. The first-order valence-electron chi connectivity index (χ1n) is 5.79. The van der Waals surface area contributed by atoms with Gasteiger partial charge in [0, 0.05) is 4.47 Å². The average molecular weight is 414 g/mol. The summed E-state index contributed by atoms with van der Waals surface area (Å²) >= 11 is 6.41. The number of nitrogens with one attached hydrogen (secondary N) is 1. The minimum absolute atomic E-state index is 0.0187. The molecular weight excluding hydrogens is 404 g/mol. The summed E-state index contributed by atoms with van der Waals surface area (Å²) in [5, 5.41) is 2.43. The number of hydrogen-bond donors (Lipinski definition) is 2. The van der Waals surface area contributed by atoms with Crippen molar-refractivity contribution in [2.24, 2.45) is 5.73 Å². The molecule has 0 aliphatic rings. The van der Waals surface area contributed by atoms with Crippen LogP contribution in [0, 0.1) is 0 Å². The van der Waals surface area contributed by atoms with Crippen LogP contribution >= 0.6 is 31.9 Å². The third-order valence-corrected chi connectivity index (χ3v) is 3.45. The van der Waals surface area contributed by atoms with Gasteiger partial charge in [-0.1, -0.05) is 28.1 Å². The van der Waals surface area contributed by atoms with Crippen LogP contribution in [0.2, 0.25) is 0 Å². The molecule has 1 heterocycles. The molecular formula is C14H10Br2N2O3. The summed E-state index contributed by atoms with van der Waals surface area (Å²) in [6.07, 6.45) is 1.49. The van der Waals surface area contributed by atoms with Crippen LogP contribution in [0.1, 0.15) is 16.1 Å². The lowest BCUT2D eigenvalue weighted by molar-refractivity contribution is -0.114. The van der Waals surface area contributed by atoms with Crippen molar-refractivity contribution >= 4 is 49.8 Å². The second-order valence-electron chi connectivity index (χ2n) is 4.03. The number of carbonyl (C=O) groups is 2. The fraction of sp³-hybridized carbons (Fsp3) is 0. The normalized spacial score (nSPS) is 11.2. The molecule has 5 nitrogen and oxygen atoms in total. The van der Waals surface area contributed by atoms with Crippen LogP contribution in [0.25, 0.3) is 6.08 Å². The molecule has 0 atom stereocenters. The second kappa shape index (κ2) is 6.73. The number of amides is 2. The molecule has 0 unspecified atom stereocenters. The first-order chi connectivity index (χ1) is 9.95. The van der Waals surface area contributed by atoms with Gasteiger partial charge in [0.1, 0.15) is 5.70 Å². The van der Waals surface area contributed by atoms with E-state index in [4.69, 9.17) is 10.2 Å². The smallest absolute Gasteiger partial charge is 0.291 e. The molecule has 0 aliphatic heterocycles. The number of hydrogen-bond acceptors (Lipinski definition) is 3. The highest BCUT2D eigenvalue weighted by Gasteiger charge is 2.15. The van der Waals surface area contributed by atoms with Gasteiger partial charge in [-0.05, 0) is 51.8 Å². The summed E-state index contributed by atoms with van der Waals surface area (Å²) in [6, 6.07) is 10.3. The van der Waals surface area contributed by atoms with E-state index in [9.17, 15) is 9.59 Å². The largest absolute Gasteiger partial charge is 0.444 e. The maximum absolute atomic E-state index is 11.9. The number of halogens is 2. The van der Waals surface area contributed by atoms with E-state index in [1.165, 1.54) is 12.1 Å². The molecule has 2 amide bonds. The zero-order valence-electron chi connectivity index (χ0n) is 10.6. The monoisotopic (exact) mass is 412 g/mol. The first kappa shape index (κ1) is 15.5. The van der Waals surface area contributed by atoms with Crippen molar-refractivity contribution in [1.29, 1.82) is 0 Å². The Bertz CT molecular complexity index is 705. The first-order valence-corrected chi connectivity index (χ1v) is 7.38. The Labute approximate surface area is 137 Å². The van der Waals surface area contributed by atoms with Gasteiger partial charge in [0.25, 0.3) is 11.8 Å². The van der Waals surface area contributed by atoms with Gasteiger partial charge in [-0.25, -0.2) is 0 Å². The lowest BCUT2D eigenvalue weighted by Gasteiger charge is -2.05. The molecule has 0 aliphatic carbocycles. The Balaban J connectivity index is 2.21. The van der Waals surface area contributed by atoms with Gasteiger partial charge in [-0.3, -0.25) is 9.59 Å². The highest BCUT2D eigenvalue weighted by atomic mass is 79.9. The Morgan fingerprint density at radius 2 is 1.76 bits per heavy atom. The predicted octanol–water partition coefficient (Wildman–Crippen LogP) is 3.06. The zero-order chi connectivity index (χ0) is 15.4. The van der Waals surface area contributed by atoms with Crippen molar-refractivity contribution in [1.82, 2.24) is 5.32 Å². The molecule has 108 valence electrons. The maximum Gasteiger partial charge on any atom is 0.291 e. The van der Waals surface area contributed by atoms with E-state index in [2.05, 4.69) is 37.2 Å². The van der Waals surface area contributed by atoms with Crippen molar-refractivity contribution < 1.29 is 14.0 Å². The van der Waals surface area contributed by atoms with Gasteiger partial charge >= 0.3 is 0 Å². The molecule has 1 aromatic carbocycles. The summed E-state index contributed by atoms with van der Waals surface area (Å²) in [4.78, 5) is 23.4. The van der Waals surface area contributed by atoms with Crippen molar-refractivity contribution in [3.63, 3.8) is 0 Å². The summed E-state index contributed by atoms with van der Waals surface area (Å²) < 4.78 is 6.44. The minimum Gasteiger partial charge on any atom is -0.444 e. The van der Waals surface area contributed by atoms with Gasteiger partial charge in [0.15, 0.2) is 10.4 Å². The quantitative estimate of drug-likeness (QED) is 0.755. The number of carbonyl (C=O) groups excluding carboxylic acids is 2. The second-order valence-corrected chi connectivity index (χ2v) is 5.73. The molecule has 0 spiro atoms. The van der Waals surface area contributed by atoms with E-state index in [-0.39, 0.29) is 11.5 Å². The highest BCUT2D eigenvalue weighted by molar-refractivity contribution is 9.10. The SMILES string of the molecule is NC(=O)/C(=C\c1ccc(Br)cc1)NC(=O)c1ccc(Br)o1. The topological polar surface area (TPSA) is 85.3 Å². The molecule has 0 bridgehead atoms. The van der Waals surface area contributed by atoms with Gasteiger partial charge in [-0.15, -0.1) is 0 Å². The number of furan rings is 1. The summed E-state index contributed by atoms with van der Waals surface area (Å²) in [5.41, 5.74) is 5.99. The third kappa shape index (κ3) is 4.30. The average Bonchev–Trinajstić information content (AvgIpc) is 2.87. The molecule has 0 saturated carbocycles. The van der Waals surface area contributed by atoms with E-state index >= 15 is 0 Å². The van der Waals surface area contributed by atoms with Gasteiger partial charge in [0.2, 0.25) is 0 Å². The van der Waals surface area contributed by atoms with Crippen molar-refractivity contribution in [2.45, 2.75) is 0 Å². The highest BCUT2D eigenvalue weighted by Crippen LogP contribution is 2.15. The molecule has 3 N–H and O–H groups in total. The summed E-state index contributed by atoms with van der Waals surface area (Å²) in [5.74, 6) is -1.22. The standard InChI is InChI=1S/C14H10Br2N2O3/c15-9-3-1-8(2-4-9)7-10(13(17)19)18-14(20)11-5-6-12(16)21-11/h1-7H,(H2,17,19)(H,18,20)/b10-7+. The minimum atomic E-state index is -0.739. The lowest BCUT2D eigenvalue weighted by Crippen LogP contribution is -2.30. The lowest BCUT2D eigenvalue weighted by atomic mass is 10.2. The van der Waals surface area contributed by atoms with E-state index < -0.39 is 11.8 Å². The number of nitrogens with two attached hydrogens (primary N) is 1. The molecule has 21 heavy (non-hydrogen) atoms. The fourth-order valence-electron chi connectivity index (χ4n) is 1.51. The van der Waals surface area contributed by atoms with Crippen LogP contribution in [0.5, 0.6) is 0 Å². The molecule has 0 radical (unpaired) electrons. The van der Waals surface area contributed by atoms with Gasteiger partial charge in [-0.2, -0.15) is 0 Å². The van der Waals surface area contributed by atoms with Crippen LogP contribution in [0.15, 0.2) is 55.7 Å². The van der Waals surface area contributed by atoms with Crippen molar-refractivity contribution in [2.75, 3.05) is 0 Å². The summed E-state index contributed by atoms with van der Waals surface area (Å²) in [7, 11) is 0. The van der Waals surface area contributed by atoms with E-state index in [0.717, 1.165) is 10.0 Å². The van der Waals surface area contributed by atoms with Gasteiger partial charge < -0.3 is 15.5 Å². The Morgan fingerprint density at radius 3 is 2.29 bits per heavy atom. The van der Waals surface area contributed by atoms with E-state index in [0.29, 0.717) is 4.67 Å². The molecule has 1 aromatic heterocycles. The third-order valence-electron chi connectivity index (χ3n) is 2.49. The Kier molecular flexibility index (Phi) is 4.98. The van der Waals surface area contributed by atoms with Crippen molar-refractivity contribution in [3.05, 3.63) is 62.6 Å². The van der Waals surface area contributed by atoms with Crippen molar-refractivity contribution in [3.8, 4) is 0 Å². The molecule has 2 rings (SSSR count). The number of benzene rings is 1. The predicted molar refractivity (Wildman–Crippen MR) is 85.2 cm³/mol. The van der Waals surface area contributed by atoms with Crippen LogP contribution in [-0.4, -0.2) is 11.8 Å². The van der Waals surface area contributed by atoms with E-state index in [1.54, 1.807) is 18.2 Å². The number of rotatable bonds is 4. The van der Waals surface area contributed by atoms with E-state index in [1.807, 2.05) is 12.1 Å². The molecule has 0 saturated heterocycles. The van der Waals surface area contributed by atoms with Crippen LogP contribution in [0.3, 0.4) is 0 Å². The van der Waals surface area contributed by atoms with Crippen LogP contribution in [0.4, 0.5) is 0 Å². The summed E-state index contributed by atoms with van der Waals surface area (Å²) in [6.45, 7) is 0. The maximum atomic E-state index is 11.9. The van der Waals surface area contributed by atoms with Crippen LogP contribution in [-0.2, 0) is 4.79 Å². The zero-order valence-corrected chi connectivity index (χ0v) is 13.8.